The third kappa shape index (κ3) is 5.21. The van der Waals surface area contributed by atoms with E-state index in [0.29, 0.717) is 12.2 Å². The Labute approximate surface area is 123 Å². The van der Waals surface area contributed by atoms with Gasteiger partial charge in [0.05, 0.1) is 11.3 Å². The van der Waals surface area contributed by atoms with Crippen LogP contribution < -0.4 is 5.32 Å². The van der Waals surface area contributed by atoms with Crippen molar-refractivity contribution < 1.29 is 14.7 Å². The lowest BCUT2D eigenvalue weighted by Gasteiger charge is -2.06. The van der Waals surface area contributed by atoms with Crippen LogP contribution in [0.2, 0.25) is 0 Å². The average molecular weight is 296 g/mol. The normalized spacial score (nSPS) is 10.3. The molecule has 1 amide bonds. The number of unbranched alkanes of at least 4 members (excludes halogenated alkanes) is 2. The highest BCUT2D eigenvalue weighted by Crippen LogP contribution is 2.07. The predicted octanol–water partition coefficient (Wildman–Crippen LogP) is 2.35. The van der Waals surface area contributed by atoms with Gasteiger partial charge in [0.15, 0.2) is 0 Å². The number of aromatic nitrogens is 1. The maximum absolute atomic E-state index is 11.8. The van der Waals surface area contributed by atoms with Gasteiger partial charge in [-0.15, -0.1) is 0 Å². The van der Waals surface area contributed by atoms with Crippen molar-refractivity contribution in [2.75, 3.05) is 18.6 Å². The molecule has 1 aromatic rings. The number of hydrogen-bond acceptors (Lipinski definition) is 4. The molecular weight excluding hydrogens is 276 g/mol. The zero-order valence-electron chi connectivity index (χ0n) is 11.8. The molecule has 0 unspecified atom stereocenters. The first kappa shape index (κ1) is 16.5. The lowest BCUT2D eigenvalue weighted by Crippen LogP contribution is -2.25. The van der Waals surface area contributed by atoms with E-state index in [1.165, 1.54) is 12.1 Å². The first-order chi connectivity index (χ1) is 9.56. The van der Waals surface area contributed by atoms with E-state index < -0.39 is 5.97 Å². The minimum absolute atomic E-state index is 0.124. The molecule has 5 nitrogen and oxygen atoms in total. The Kier molecular flexibility index (Phi) is 7.08. The number of nitrogens with zero attached hydrogens (tertiary/aromatic N) is 1. The van der Waals surface area contributed by atoms with Crippen molar-refractivity contribution in [1.82, 2.24) is 10.3 Å². The topological polar surface area (TPSA) is 79.3 Å². The fourth-order valence-corrected chi connectivity index (χ4v) is 2.25. The van der Waals surface area contributed by atoms with E-state index in [1.54, 1.807) is 6.92 Å². The quantitative estimate of drug-likeness (QED) is 0.720. The van der Waals surface area contributed by atoms with Crippen LogP contribution in [0, 0.1) is 6.92 Å². The second-order valence-electron chi connectivity index (χ2n) is 4.44. The Morgan fingerprint density at radius 2 is 2.05 bits per heavy atom. The summed E-state index contributed by atoms with van der Waals surface area (Å²) in [4.78, 5) is 26.7. The molecule has 0 saturated carbocycles. The molecule has 1 rings (SSSR count). The number of rotatable bonds is 8. The number of thioether (sulfide) groups is 1. The molecule has 20 heavy (non-hydrogen) atoms. The number of nitrogens with one attached hydrogen (secondary N) is 1. The van der Waals surface area contributed by atoms with Gasteiger partial charge in [0, 0.05) is 6.54 Å². The Morgan fingerprint density at radius 3 is 2.65 bits per heavy atom. The number of carboxylic acid groups (broad SMARTS) is 1. The second kappa shape index (κ2) is 8.58. The predicted molar refractivity (Wildman–Crippen MR) is 80.5 cm³/mol. The molecule has 0 fully saturated rings. The van der Waals surface area contributed by atoms with Gasteiger partial charge < -0.3 is 10.4 Å². The highest BCUT2D eigenvalue weighted by Gasteiger charge is 2.12. The Hall–Kier alpha value is -1.56. The van der Waals surface area contributed by atoms with Crippen molar-refractivity contribution in [2.24, 2.45) is 0 Å². The highest BCUT2D eigenvalue weighted by molar-refractivity contribution is 7.98. The summed E-state index contributed by atoms with van der Waals surface area (Å²) >= 11 is 1.82. The number of amides is 1. The van der Waals surface area contributed by atoms with Crippen LogP contribution in [0.15, 0.2) is 12.1 Å². The van der Waals surface area contributed by atoms with E-state index in [0.717, 1.165) is 25.0 Å². The summed E-state index contributed by atoms with van der Waals surface area (Å²) < 4.78 is 0. The summed E-state index contributed by atoms with van der Waals surface area (Å²) in [5, 5.41) is 11.7. The van der Waals surface area contributed by atoms with Crippen molar-refractivity contribution in [1.29, 1.82) is 0 Å². The van der Waals surface area contributed by atoms with Gasteiger partial charge in [0.1, 0.15) is 5.69 Å². The minimum Gasteiger partial charge on any atom is -0.478 e. The van der Waals surface area contributed by atoms with Gasteiger partial charge >= 0.3 is 5.97 Å². The van der Waals surface area contributed by atoms with E-state index in [-0.39, 0.29) is 17.2 Å². The number of hydrogen-bond donors (Lipinski definition) is 2. The molecule has 0 radical (unpaired) electrons. The van der Waals surface area contributed by atoms with Crippen LogP contribution in [0.5, 0.6) is 0 Å². The molecule has 0 spiro atoms. The Balaban J connectivity index is 2.44. The number of carbonyl (C=O) groups is 2. The first-order valence-corrected chi connectivity index (χ1v) is 7.93. The van der Waals surface area contributed by atoms with Crippen LogP contribution in [0.4, 0.5) is 0 Å². The molecule has 0 atom stereocenters. The Morgan fingerprint density at radius 1 is 1.30 bits per heavy atom. The summed E-state index contributed by atoms with van der Waals surface area (Å²) in [6, 6.07) is 2.86. The van der Waals surface area contributed by atoms with Crippen molar-refractivity contribution in [2.45, 2.75) is 26.2 Å². The highest BCUT2D eigenvalue weighted by atomic mass is 32.2. The molecule has 0 aliphatic rings. The van der Waals surface area contributed by atoms with Gasteiger partial charge in [-0.25, -0.2) is 9.78 Å². The molecule has 0 aliphatic heterocycles. The molecule has 0 aliphatic carbocycles. The fourth-order valence-electron chi connectivity index (χ4n) is 1.75. The first-order valence-electron chi connectivity index (χ1n) is 6.54. The zero-order chi connectivity index (χ0) is 15.0. The third-order valence-corrected chi connectivity index (χ3v) is 3.56. The number of aryl methyl sites for hydroxylation is 1. The standard InChI is InChI=1S/C14H20N2O3S/c1-10-11(14(18)19)6-7-12(16-10)13(17)15-8-4-3-5-9-20-2/h6-7H,3-5,8-9H2,1-2H3,(H,15,17)(H,18,19). The smallest absolute Gasteiger partial charge is 0.337 e. The molecule has 0 bridgehead atoms. The Bertz CT molecular complexity index is 477. The van der Waals surface area contributed by atoms with Gasteiger partial charge in [-0.1, -0.05) is 6.42 Å². The summed E-state index contributed by atoms with van der Waals surface area (Å²) in [5.41, 5.74) is 0.736. The van der Waals surface area contributed by atoms with E-state index in [4.69, 9.17) is 5.11 Å². The van der Waals surface area contributed by atoms with Crippen LogP contribution >= 0.6 is 11.8 Å². The van der Waals surface area contributed by atoms with Crippen LogP contribution in [-0.2, 0) is 0 Å². The third-order valence-electron chi connectivity index (χ3n) is 2.86. The minimum atomic E-state index is -1.03. The maximum atomic E-state index is 11.8. The van der Waals surface area contributed by atoms with E-state index in [1.807, 2.05) is 11.8 Å². The molecule has 1 aromatic heterocycles. The van der Waals surface area contributed by atoms with Crippen LogP contribution in [0.3, 0.4) is 0 Å². The average Bonchev–Trinajstić information content (AvgIpc) is 2.41. The molecule has 110 valence electrons. The summed E-state index contributed by atoms with van der Waals surface area (Å²) in [5.74, 6) is -0.142. The number of pyridine rings is 1. The molecule has 2 N–H and O–H groups in total. The summed E-state index contributed by atoms with van der Waals surface area (Å²) in [6.07, 6.45) is 5.27. The summed E-state index contributed by atoms with van der Waals surface area (Å²) in [6.45, 7) is 2.21. The summed E-state index contributed by atoms with van der Waals surface area (Å²) in [7, 11) is 0. The van der Waals surface area contributed by atoms with Gasteiger partial charge in [0.2, 0.25) is 0 Å². The van der Waals surface area contributed by atoms with Crippen LogP contribution in [-0.4, -0.2) is 40.5 Å². The van der Waals surface area contributed by atoms with E-state index in [9.17, 15) is 9.59 Å². The molecule has 6 heteroatoms. The van der Waals surface area contributed by atoms with Crippen LogP contribution in [0.1, 0.15) is 45.8 Å². The van der Waals surface area contributed by atoms with Gasteiger partial charge in [0.25, 0.3) is 5.91 Å². The maximum Gasteiger partial charge on any atom is 0.337 e. The molecule has 0 saturated heterocycles. The van der Waals surface area contributed by atoms with Crippen LogP contribution in [0.25, 0.3) is 0 Å². The SMILES string of the molecule is CSCCCCCNC(=O)c1ccc(C(=O)O)c(C)n1. The van der Waals surface area contributed by atoms with Crippen molar-refractivity contribution in [3.05, 3.63) is 29.1 Å². The molecule has 1 heterocycles. The monoisotopic (exact) mass is 296 g/mol. The second-order valence-corrected chi connectivity index (χ2v) is 5.43. The van der Waals surface area contributed by atoms with Gasteiger partial charge in [-0.3, -0.25) is 4.79 Å². The number of carboxylic acids is 1. The largest absolute Gasteiger partial charge is 0.478 e. The lowest BCUT2D eigenvalue weighted by molar-refractivity contribution is 0.0694. The van der Waals surface area contributed by atoms with E-state index in [2.05, 4.69) is 16.6 Å². The van der Waals surface area contributed by atoms with Crippen molar-refractivity contribution >= 4 is 23.6 Å². The zero-order valence-corrected chi connectivity index (χ0v) is 12.6. The number of aromatic carboxylic acids is 1. The van der Waals surface area contributed by atoms with E-state index >= 15 is 0 Å². The molecular formula is C14H20N2O3S. The lowest BCUT2D eigenvalue weighted by atomic mass is 10.2. The van der Waals surface area contributed by atoms with Crippen molar-refractivity contribution in [3.8, 4) is 0 Å². The van der Waals surface area contributed by atoms with Crippen molar-refractivity contribution in [3.63, 3.8) is 0 Å². The fraction of sp³-hybridized carbons (Fsp3) is 0.500. The number of carbonyl (C=O) groups excluding carboxylic acids is 1. The van der Waals surface area contributed by atoms with Gasteiger partial charge in [-0.05, 0) is 43.9 Å². The van der Waals surface area contributed by atoms with Gasteiger partial charge in [-0.2, -0.15) is 11.8 Å². The molecule has 0 aromatic carbocycles.